The lowest BCUT2D eigenvalue weighted by atomic mass is 10.0. The van der Waals surface area contributed by atoms with Crippen LogP contribution < -0.4 is 10.6 Å². The zero-order chi connectivity index (χ0) is 24.1. The Morgan fingerprint density at radius 3 is 2.41 bits per heavy atom. The van der Waals surface area contributed by atoms with E-state index < -0.39 is 0 Å². The third-order valence-corrected chi connectivity index (χ3v) is 7.36. The Morgan fingerprint density at radius 2 is 1.74 bits per heavy atom. The van der Waals surface area contributed by atoms with Crippen LogP contribution in [0.2, 0.25) is 0 Å². The van der Waals surface area contributed by atoms with Gasteiger partial charge < -0.3 is 15.5 Å². The standard InChI is InChI=1S/C26H28BrN5OS/c1-4-32(5-2)15-14-28-25(33)19-8-12-21(13-9-19)31-24-23-22(18-6-10-20(27)11-7-18)17(3)34-26(23)30-16-29-24/h6-13,16H,4-5,14-15H2,1-3H3,(H,28,33)(H,29,30,31). The van der Waals surface area contributed by atoms with Gasteiger partial charge in [0.1, 0.15) is 17.0 Å². The van der Waals surface area contributed by atoms with Crippen LogP contribution in [0.4, 0.5) is 11.5 Å². The average molecular weight is 539 g/mol. The molecule has 34 heavy (non-hydrogen) atoms. The molecule has 1 amide bonds. The van der Waals surface area contributed by atoms with Gasteiger partial charge in [-0.2, -0.15) is 0 Å². The van der Waals surface area contributed by atoms with Crippen LogP contribution in [0, 0.1) is 6.92 Å². The number of nitrogens with one attached hydrogen (secondary N) is 2. The number of fused-ring (bicyclic) bond motifs is 1. The second-order valence-corrected chi connectivity index (χ2v) is 10.0. The third-order valence-electron chi connectivity index (χ3n) is 5.82. The first-order chi connectivity index (χ1) is 16.5. The number of carbonyl (C=O) groups is 1. The van der Waals surface area contributed by atoms with Gasteiger partial charge in [-0.15, -0.1) is 11.3 Å². The van der Waals surface area contributed by atoms with Crippen molar-refractivity contribution in [3.05, 3.63) is 69.8 Å². The number of nitrogens with zero attached hydrogens (tertiary/aromatic N) is 3. The van der Waals surface area contributed by atoms with Crippen LogP contribution in [0.15, 0.2) is 59.3 Å². The number of amides is 1. The number of halogens is 1. The molecule has 0 saturated heterocycles. The lowest BCUT2D eigenvalue weighted by molar-refractivity contribution is 0.0949. The number of aryl methyl sites for hydroxylation is 1. The molecule has 4 rings (SSSR count). The molecule has 0 bridgehead atoms. The number of aromatic nitrogens is 2. The van der Waals surface area contributed by atoms with Crippen molar-refractivity contribution in [3.63, 3.8) is 0 Å². The third kappa shape index (κ3) is 5.46. The van der Waals surface area contributed by atoms with Gasteiger partial charge in [0, 0.05) is 39.3 Å². The molecule has 176 valence electrons. The molecule has 8 heteroatoms. The van der Waals surface area contributed by atoms with Crippen LogP contribution in [-0.4, -0.2) is 47.0 Å². The monoisotopic (exact) mass is 537 g/mol. The molecular formula is C26H28BrN5OS. The number of hydrogen-bond donors (Lipinski definition) is 2. The van der Waals surface area contributed by atoms with Crippen molar-refractivity contribution in [2.75, 3.05) is 31.5 Å². The van der Waals surface area contributed by atoms with Gasteiger partial charge in [-0.3, -0.25) is 4.79 Å². The van der Waals surface area contributed by atoms with Crippen LogP contribution in [0.25, 0.3) is 21.3 Å². The molecule has 2 aromatic heterocycles. The summed E-state index contributed by atoms with van der Waals surface area (Å²) in [4.78, 5) is 26.0. The Kier molecular flexibility index (Phi) is 7.92. The largest absolute Gasteiger partial charge is 0.351 e. The Bertz CT molecular complexity index is 1270. The summed E-state index contributed by atoms with van der Waals surface area (Å²) in [6.07, 6.45) is 1.59. The van der Waals surface area contributed by atoms with Gasteiger partial charge in [0.25, 0.3) is 5.91 Å². The minimum Gasteiger partial charge on any atom is -0.351 e. The van der Waals surface area contributed by atoms with E-state index in [4.69, 9.17) is 0 Å². The summed E-state index contributed by atoms with van der Waals surface area (Å²) < 4.78 is 1.04. The van der Waals surface area contributed by atoms with E-state index in [1.54, 1.807) is 17.7 Å². The molecule has 0 atom stereocenters. The predicted molar refractivity (Wildman–Crippen MR) is 145 cm³/mol. The Morgan fingerprint density at radius 1 is 1.03 bits per heavy atom. The minimum atomic E-state index is -0.0610. The smallest absolute Gasteiger partial charge is 0.251 e. The molecule has 0 spiro atoms. The quantitative estimate of drug-likeness (QED) is 0.264. The molecule has 0 saturated carbocycles. The maximum Gasteiger partial charge on any atom is 0.251 e. The van der Waals surface area contributed by atoms with Crippen molar-refractivity contribution in [1.29, 1.82) is 0 Å². The van der Waals surface area contributed by atoms with E-state index in [9.17, 15) is 4.79 Å². The Hall–Kier alpha value is -2.81. The van der Waals surface area contributed by atoms with E-state index in [1.165, 1.54) is 4.88 Å². The van der Waals surface area contributed by atoms with E-state index in [0.717, 1.165) is 57.0 Å². The summed E-state index contributed by atoms with van der Waals surface area (Å²) >= 11 is 5.18. The van der Waals surface area contributed by atoms with E-state index in [1.807, 2.05) is 36.4 Å². The fourth-order valence-electron chi connectivity index (χ4n) is 3.91. The highest BCUT2D eigenvalue weighted by atomic mass is 79.9. The molecule has 4 aromatic rings. The zero-order valence-corrected chi connectivity index (χ0v) is 22.0. The van der Waals surface area contributed by atoms with Crippen LogP contribution in [0.3, 0.4) is 0 Å². The molecule has 2 heterocycles. The summed E-state index contributed by atoms with van der Waals surface area (Å²) in [7, 11) is 0. The second kappa shape index (κ2) is 11.1. The number of likely N-dealkylation sites (N-methyl/N-ethyl adjacent to an activating group) is 1. The van der Waals surface area contributed by atoms with Crippen molar-refractivity contribution in [1.82, 2.24) is 20.2 Å². The number of rotatable bonds is 9. The molecule has 0 aliphatic rings. The van der Waals surface area contributed by atoms with Crippen LogP contribution in [0.5, 0.6) is 0 Å². The SMILES string of the molecule is CCN(CC)CCNC(=O)c1ccc(Nc2ncnc3sc(C)c(-c4ccc(Br)cc4)c23)cc1. The van der Waals surface area contributed by atoms with Gasteiger partial charge in [-0.05, 0) is 62.0 Å². The van der Waals surface area contributed by atoms with Gasteiger partial charge in [-0.25, -0.2) is 9.97 Å². The number of thiophene rings is 1. The van der Waals surface area contributed by atoms with E-state index in [0.29, 0.717) is 12.1 Å². The molecular weight excluding hydrogens is 510 g/mol. The lowest BCUT2D eigenvalue weighted by Crippen LogP contribution is -2.34. The summed E-state index contributed by atoms with van der Waals surface area (Å²) in [6, 6.07) is 15.8. The maximum absolute atomic E-state index is 12.5. The van der Waals surface area contributed by atoms with Crippen LogP contribution in [0.1, 0.15) is 29.1 Å². The second-order valence-electron chi connectivity index (χ2n) is 7.93. The fraction of sp³-hybridized carbons (Fsp3) is 0.269. The molecule has 2 aromatic carbocycles. The summed E-state index contributed by atoms with van der Waals surface area (Å²) in [5.41, 5.74) is 3.77. The Balaban J connectivity index is 1.53. The normalized spacial score (nSPS) is 11.2. The predicted octanol–water partition coefficient (Wildman–Crippen LogP) is 6.24. The summed E-state index contributed by atoms with van der Waals surface area (Å²) in [6.45, 7) is 9.82. The highest BCUT2D eigenvalue weighted by Crippen LogP contribution is 2.41. The van der Waals surface area contributed by atoms with Crippen LogP contribution >= 0.6 is 27.3 Å². The zero-order valence-electron chi connectivity index (χ0n) is 19.6. The van der Waals surface area contributed by atoms with Gasteiger partial charge in [-0.1, -0.05) is 41.9 Å². The first-order valence-electron chi connectivity index (χ1n) is 11.4. The summed E-state index contributed by atoms with van der Waals surface area (Å²) in [5, 5.41) is 7.43. The molecule has 2 N–H and O–H groups in total. The summed E-state index contributed by atoms with van der Waals surface area (Å²) in [5.74, 6) is 0.692. The van der Waals surface area contributed by atoms with Crippen molar-refractivity contribution < 1.29 is 4.79 Å². The lowest BCUT2D eigenvalue weighted by Gasteiger charge is -2.18. The van der Waals surface area contributed by atoms with E-state index in [2.05, 4.69) is 74.3 Å². The van der Waals surface area contributed by atoms with Gasteiger partial charge in [0.2, 0.25) is 0 Å². The molecule has 0 aliphatic carbocycles. The maximum atomic E-state index is 12.5. The highest BCUT2D eigenvalue weighted by molar-refractivity contribution is 9.10. The van der Waals surface area contributed by atoms with Gasteiger partial charge >= 0.3 is 0 Å². The first-order valence-corrected chi connectivity index (χ1v) is 13.0. The fourth-order valence-corrected chi connectivity index (χ4v) is 5.19. The van der Waals surface area contributed by atoms with Crippen molar-refractivity contribution in [3.8, 4) is 11.1 Å². The number of anilines is 2. The first kappa shape index (κ1) is 24.3. The molecule has 0 radical (unpaired) electrons. The number of benzene rings is 2. The topological polar surface area (TPSA) is 70.2 Å². The number of carbonyl (C=O) groups excluding carboxylic acids is 1. The molecule has 0 unspecified atom stereocenters. The van der Waals surface area contributed by atoms with Crippen molar-refractivity contribution in [2.24, 2.45) is 0 Å². The Labute approximate surface area is 212 Å². The van der Waals surface area contributed by atoms with Crippen LogP contribution in [-0.2, 0) is 0 Å². The van der Waals surface area contributed by atoms with E-state index >= 15 is 0 Å². The molecule has 0 fully saturated rings. The molecule has 0 aliphatic heterocycles. The van der Waals surface area contributed by atoms with Crippen molar-refractivity contribution >= 4 is 54.9 Å². The average Bonchev–Trinajstić information content (AvgIpc) is 3.19. The van der Waals surface area contributed by atoms with Crippen molar-refractivity contribution in [2.45, 2.75) is 20.8 Å². The minimum absolute atomic E-state index is 0.0610. The highest BCUT2D eigenvalue weighted by Gasteiger charge is 2.17. The van der Waals surface area contributed by atoms with Gasteiger partial charge in [0.05, 0.1) is 5.39 Å². The van der Waals surface area contributed by atoms with Gasteiger partial charge in [0.15, 0.2) is 0 Å². The molecule has 6 nitrogen and oxygen atoms in total. The number of hydrogen-bond acceptors (Lipinski definition) is 6. The van der Waals surface area contributed by atoms with E-state index in [-0.39, 0.29) is 5.91 Å².